The Bertz CT molecular complexity index is 491. The molecule has 0 aliphatic carbocycles. The van der Waals surface area contributed by atoms with Crippen molar-refractivity contribution < 1.29 is 14.4 Å². The lowest BCUT2D eigenvalue weighted by Gasteiger charge is -1.93. The summed E-state index contributed by atoms with van der Waals surface area (Å²) in [5.41, 5.74) is 6.31. The molecule has 0 aliphatic rings. The van der Waals surface area contributed by atoms with Crippen molar-refractivity contribution in [3.8, 4) is 11.6 Å². The number of carbonyl (C=O) groups is 1. The first-order valence-corrected chi connectivity index (χ1v) is 3.96. The zero-order chi connectivity index (χ0) is 10.8. The van der Waals surface area contributed by atoms with E-state index >= 15 is 0 Å². The summed E-state index contributed by atoms with van der Waals surface area (Å²) in [5.74, 6) is -1.60. The van der Waals surface area contributed by atoms with Gasteiger partial charge in [-0.25, -0.2) is 9.78 Å². The number of nitrogen functional groups attached to an aromatic ring is 1. The van der Waals surface area contributed by atoms with Crippen molar-refractivity contribution in [2.24, 2.45) is 0 Å². The fourth-order valence-corrected chi connectivity index (χ4v) is 0.946. The standard InChI is InChI=1S/C8H6N4O3/c9-4-1-2-5(10-3-4)7-11-6(8(13)14)12-15-7/h1-3H,9H2,(H,13,14). The predicted molar refractivity (Wildman–Crippen MR) is 48.9 cm³/mol. The van der Waals surface area contributed by atoms with Gasteiger partial charge in [-0.3, -0.25) is 0 Å². The van der Waals surface area contributed by atoms with E-state index in [0.717, 1.165) is 0 Å². The second kappa shape index (κ2) is 3.37. The van der Waals surface area contributed by atoms with Crippen molar-refractivity contribution in [1.29, 1.82) is 0 Å². The Morgan fingerprint density at radius 1 is 1.47 bits per heavy atom. The van der Waals surface area contributed by atoms with Crippen LogP contribution in [0.4, 0.5) is 5.69 Å². The zero-order valence-corrected chi connectivity index (χ0v) is 7.41. The van der Waals surface area contributed by atoms with Gasteiger partial charge in [-0.05, 0) is 17.3 Å². The first-order chi connectivity index (χ1) is 7.16. The molecular weight excluding hydrogens is 200 g/mol. The van der Waals surface area contributed by atoms with Crippen molar-refractivity contribution in [2.75, 3.05) is 5.73 Å². The smallest absolute Gasteiger partial charge is 0.377 e. The third kappa shape index (κ3) is 1.75. The number of hydrogen-bond donors (Lipinski definition) is 2. The molecule has 2 aromatic rings. The second-order valence-corrected chi connectivity index (χ2v) is 2.71. The Kier molecular flexibility index (Phi) is 2.05. The molecule has 15 heavy (non-hydrogen) atoms. The van der Waals surface area contributed by atoms with Gasteiger partial charge in [0.1, 0.15) is 5.69 Å². The van der Waals surface area contributed by atoms with E-state index in [9.17, 15) is 4.79 Å². The van der Waals surface area contributed by atoms with Crippen LogP contribution in [0.3, 0.4) is 0 Å². The van der Waals surface area contributed by atoms with Gasteiger partial charge in [0.15, 0.2) is 0 Å². The highest BCUT2D eigenvalue weighted by molar-refractivity contribution is 5.83. The molecule has 0 saturated heterocycles. The molecule has 76 valence electrons. The predicted octanol–water partition coefficient (Wildman–Crippen LogP) is 0.412. The van der Waals surface area contributed by atoms with Crippen molar-refractivity contribution in [3.05, 3.63) is 24.2 Å². The normalized spacial score (nSPS) is 10.1. The molecular formula is C8H6N4O3. The number of rotatable bonds is 2. The fraction of sp³-hybridized carbons (Fsp3) is 0. The number of aromatic carboxylic acids is 1. The maximum Gasteiger partial charge on any atom is 0.377 e. The number of carboxylic acid groups (broad SMARTS) is 1. The fourth-order valence-electron chi connectivity index (χ4n) is 0.946. The molecule has 0 fully saturated rings. The second-order valence-electron chi connectivity index (χ2n) is 2.71. The highest BCUT2D eigenvalue weighted by atomic mass is 16.5. The van der Waals surface area contributed by atoms with E-state index in [0.29, 0.717) is 11.4 Å². The van der Waals surface area contributed by atoms with E-state index in [1.165, 1.54) is 6.20 Å². The van der Waals surface area contributed by atoms with Gasteiger partial charge in [-0.15, -0.1) is 0 Å². The van der Waals surface area contributed by atoms with Gasteiger partial charge in [0.05, 0.1) is 11.9 Å². The van der Waals surface area contributed by atoms with Crippen molar-refractivity contribution >= 4 is 11.7 Å². The maximum atomic E-state index is 10.5. The van der Waals surface area contributed by atoms with E-state index in [2.05, 4.69) is 15.1 Å². The van der Waals surface area contributed by atoms with Crippen molar-refractivity contribution in [1.82, 2.24) is 15.1 Å². The van der Waals surface area contributed by atoms with Crippen LogP contribution in [0.5, 0.6) is 0 Å². The summed E-state index contributed by atoms with van der Waals surface area (Å²) in [7, 11) is 0. The van der Waals surface area contributed by atoms with Crippen LogP contribution in [0.25, 0.3) is 11.6 Å². The highest BCUT2D eigenvalue weighted by Gasteiger charge is 2.14. The van der Waals surface area contributed by atoms with Crippen LogP contribution in [-0.2, 0) is 0 Å². The lowest BCUT2D eigenvalue weighted by Crippen LogP contribution is -1.98. The van der Waals surface area contributed by atoms with Crippen LogP contribution in [0.2, 0.25) is 0 Å². The Labute approximate surface area is 83.6 Å². The molecule has 2 rings (SSSR count). The van der Waals surface area contributed by atoms with Gasteiger partial charge in [0.2, 0.25) is 0 Å². The molecule has 0 aliphatic heterocycles. The lowest BCUT2D eigenvalue weighted by atomic mass is 10.3. The maximum absolute atomic E-state index is 10.5. The van der Waals surface area contributed by atoms with E-state index in [-0.39, 0.29) is 5.89 Å². The van der Waals surface area contributed by atoms with Gasteiger partial charge in [-0.1, -0.05) is 0 Å². The molecule has 2 aromatic heterocycles. The van der Waals surface area contributed by atoms with E-state index in [4.69, 9.17) is 15.4 Å². The number of nitrogens with two attached hydrogens (primary N) is 1. The summed E-state index contributed by atoms with van der Waals surface area (Å²) in [6.45, 7) is 0. The lowest BCUT2D eigenvalue weighted by molar-refractivity contribution is 0.0680. The summed E-state index contributed by atoms with van der Waals surface area (Å²) in [5, 5.41) is 11.8. The van der Waals surface area contributed by atoms with Crippen LogP contribution in [0.15, 0.2) is 22.9 Å². The summed E-state index contributed by atoms with van der Waals surface area (Å²) in [6.07, 6.45) is 1.42. The van der Waals surface area contributed by atoms with Gasteiger partial charge in [0.25, 0.3) is 11.7 Å². The van der Waals surface area contributed by atoms with Crippen LogP contribution in [0.1, 0.15) is 10.6 Å². The molecule has 7 heteroatoms. The molecule has 0 amide bonds. The number of pyridine rings is 1. The molecule has 0 saturated carbocycles. The van der Waals surface area contributed by atoms with Crippen LogP contribution in [-0.4, -0.2) is 26.2 Å². The molecule has 3 N–H and O–H groups in total. The van der Waals surface area contributed by atoms with Gasteiger partial charge in [0, 0.05) is 0 Å². The average molecular weight is 206 g/mol. The first kappa shape index (κ1) is 9.13. The molecule has 0 bridgehead atoms. The number of aromatic nitrogens is 3. The molecule has 0 unspecified atom stereocenters. The Morgan fingerprint density at radius 3 is 2.80 bits per heavy atom. The molecule has 2 heterocycles. The number of hydrogen-bond acceptors (Lipinski definition) is 6. The van der Waals surface area contributed by atoms with E-state index in [1.54, 1.807) is 12.1 Å². The Hall–Kier alpha value is -2.44. The third-order valence-electron chi connectivity index (χ3n) is 1.62. The summed E-state index contributed by atoms with van der Waals surface area (Å²) >= 11 is 0. The minimum atomic E-state index is -1.25. The van der Waals surface area contributed by atoms with Crippen LogP contribution >= 0.6 is 0 Å². The molecule has 0 radical (unpaired) electrons. The van der Waals surface area contributed by atoms with Crippen molar-refractivity contribution in [2.45, 2.75) is 0 Å². The number of anilines is 1. The Morgan fingerprint density at radius 2 is 2.27 bits per heavy atom. The quantitative estimate of drug-likeness (QED) is 0.730. The van der Waals surface area contributed by atoms with Crippen molar-refractivity contribution in [3.63, 3.8) is 0 Å². The summed E-state index contributed by atoms with van der Waals surface area (Å²) in [4.78, 5) is 18.0. The topological polar surface area (TPSA) is 115 Å². The van der Waals surface area contributed by atoms with Gasteiger partial charge in [-0.2, -0.15) is 4.98 Å². The summed E-state index contributed by atoms with van der Waals surface area (Å²) in [6, 6.07) is 3.17. The largest absolute Gasteiger partial charge is 0.475 e. The molecule has 0 aromatic carbocycles. The molecule has 7 nitrogen and oxygen atoms in total. The summed E-state index contributed by atoms with van der Waals surface area (Å²) < 4.78 is 4.71. The SMILES string of the molecule is Nc1ccc(-c2nc(C(=O)O)no2)nc1. The van der Waals surface area contributed by atoms with E-state index < -0.39 is 11.8 Å². The minimum absolute atomic E-state index is 0.0485. The zero-order valence-electron chi connectivity index (χ0n) is 7.41. The highest BCUT2D eigenvalue weighted by Crippen LogP contribution is 2.14. The Balaban J connectivity index is 2.37. The molecule has 0 atom stereocenters. The first-order valence-electron chi connectivity index (χ1n) is 3.96. The van der Waals surface area contributed by atoms with Gasteiger partial charge >= 0.3 is 5.97 Å². The minimum Gasteiger partial charge on any atom is -0.475 e. The molecule has 0 spiro atoms. The monoisotopic (exact) mass is 206 g/mol. The van der Waals surface area contributed by atoms with Crippen LogP contribution in [0, 0.1) is 0 Å². The van der Waals surface area contributed by atoms with E-state index in [1.807, 2.05) is 0 Å². The average Bonchev–Trinajstić information content (AvgIpc) is 2.68. The number of nitrogens with zero attached hydrogens (tertiary/aromatic N) is 3. The third-order valence-corrected chi connectivity index (χ3v) is 1.62. The number of carboxylic acids is 1. The van der Waals surface area contributed by atoms with Crippen LogP contribution < -0.4 is 5.73 Å². The van der Waals surface area contributed by atoms with Gasteiger partial charge < -0.3 is 15.4 Å².